The van der Waals surface area contributed by atoms with E-state index in [4.69, 9.17) is 21.1 Å². The molecule has 50 heavy (non-hydrogen) atoms. The number of sulfonamides is 1. The van der Waals surface area contributed by atoms with E-state index in [-0.39, 0.29) is 17.1 Å². The lowest BCUT2D eigenvalue weighted by molar-refractivity contribution is -0.148. The summed E-state index contributed by atoms with van der Waals surface area (Å²) in [5.74, 6) is 0.319. The Balaban J connectivity index is 1.23. The van der Waals surface area contributed by atoms with Gasteiger partial charge in [-0.25, -0.2) is 8.42 Å². The molecule has 2 N–H and O–H groups in total. The van der Waals surface area contributed by atoms with Gasteiger partial charge in [0.25, 0.3) is 5.91 Å². The zero-order valence-corrected chi connectivity index (χ0v) is 30.3. The number of nitrogens with zero attached hydrogens (tertiary/aromatic N) is 2. The van der Waals surface area contributed by atoms with Crippen molar-refractivity contribution in [3.05, 3.63) is 58.1 Å². The van der Waals surface area contributed by atoms with Gasteiger partial charge >= 0.3 is 0 Å². The number of nitrogens with one attached hydrogen (secondary N) is 1. The van der Waals surface area contributed by atoms with Crippen LogP contribution in [0.1, 0.15) is 80.9 Å². The molecule has 3 aliphatic heterocycles. The van der Waals surface area contributed by atoms with Gasteiger partial charge in [-0.05, 0) is 123 Å². The third-order valence-corrected chi connectivity index (χ3v) is 14.7. The predicted octanol–water partition coefficient (Wildman–Crippen LogP) is 4.68. The average molecular weight is 726 g/mol. The highest BCUT2D eigenvalue weighted by Crippen LogP contribution is 2.49. The molecular weight excluding hydrogens is 678 g/mol. The zero-order valence-electron chi connectivity index (χ0n) is 28.7. The number of carbonyl (C=O) groups is 2. The van der Waals surface area contributed by atoms with Crippen LogP contribution in [0.2, 0.25) is 5.02 Å². The van der Waals surface area contributed by atoms with Crippen LogP contribution in [-0.2, 0) is 41.8 Å². The Morgan fingerprint density at radius 3 is 2.70 bits per heavy atom. The molecular formula is C38H48ClN3O7S. The Morgan fingerprint density at radius 1 is 1.08 bits per heavy atom. The molecule has 270 valence electrons. The number of anilines is 1. The van der Waals surface area contributed by atoms with Crippen LogP contribution in [0.4, 0.5) is 5.69 Å². The van der Waals surface area contributed by atoms with Gasteiger partial charge in [0.15, 0.2) is 5.60 Å². The van der Waals surface area contributed by atoms with Crippen LogP contribution in [-0.4, -0.2) is 81.5 Å². The summed E-state index contributed by atoms with van der Waals surface area (Å²) in [6.45, 7) is 3.06. The van der Waals surface area contributed by atoms with Crippen molar-refractivity contribution in [3.63, 3.8) is 0 Å². The Bertz CT molecular complexity index is 1790. The highest BCUT2D eigenvalue weighted by atomic mass is 35.5. The van der Waals surface area contributed by atoms with Crippen LogP contribution < -0.4 is 14.4 Å². The van der Waals surface area contributed by atoms with Crippen LogP contribution in [0.25, 0.3) is 0 Å². The van der Waals surface area contributed by atoms with Crippen LogP contribution in [0.3, 0.4) is 0 Å². The van der Waals surface area contributed by atoms with E-state index in [0.29, 0.717) is 62.6 Å². The summed E-state index contributed by atoms with van der Waals surface area (Å²) >= 11 is 6.46. The zero-order chi connectivity index (χ0) is 34.8. The fraction of sp³-hybridized carbons (Fsp3) is 0.632. The van der Waals surface area contributed by atoms with Gasteiger partial charge in [0.05, 0.1) is 30.1 Å². The number of ether oxygens (including phenoxy) is 2. The van der Waals surface area contributed by atoms with E-state index in [0.717, 1.165) is 68.6 Å². The van der Waals surface area contributed by atoms with Gasteiger partial charge in [-0.15, -0.1) is 0 Å². The number of hydrogen-bond acceptors (Lipinski definition) is 8. The highest BCUT2D eigenvalue weighted by Gasteiger charge is 2.49. The molecule has 0 radical (unpaired) electrons. The molecule has 1 saturated heterocycles. The second kappa shape index (κ2) is 13.0. The second-order valence-corrected chi connectivity index (χ2v) is 18.3. The largest absolute Gasteiger partial charge is 0.490 e. The SMILES string of the molecule is CN1CC[C@@H]2CCO[C@@H](C2)[C@@H]2CC[C@H]2CN2C[C@@]3(CCCc4cc(Cl)ccc43)COc3ccc(cc32)[C@](O)(C(=O)NS(=O)(=O)C2CC2)CC1=O. The number of halogens is 1. The van der Waals surface area contributed by atoms with E-state index in [1.165, 1.54) is 11.1 Å². The van der Waals surface area contributed by atoms with Gasteiger partial charge in [0, 0.05) is 43.7 Å². The molecule has 8 rings (SSSR count). The van der Waals surface area contributed by atoms with Crippen molar-refractivity contribution in [1.29, 1.82) is 0 Å². The highest BCUT2D eigenvalue weighted by molar-refractivity contribution is 7.90. The number of fused-ring (bicyclic) bond motifs is 7. The molecule has 2 amide bonds. The fourth-order valence-electron chi connectivity index (χ4n) is 9.27. The Hall–Kier alpha value is -2.86. The van der Waals surface area contributed by atoms with Gasteiger partial charge in [0.2, 0.25) is 15.9 Å². The van der Waals surface area contributed by atoms with E-state index in [1.807, 2.05) is 6.07 Å². The van der Waals surface area contributed by atoms with E-state index >= 15 is 0 Å². The number of amides is 2. The maximum atomic E-state index is 14.0. The van der Waals surface area contributed by atoms with Crippen LogP contribution in [0, 0.1) is 17.8 Å². The first-order chi connectivity index (χ1) is 23.9. The van der Waals surface area contributed by atoms with Crippen molar-refractivity contribution < 1.29 is 32.6 Å². The normalized spacial score (nSPS) is 33.0. The first-order valence-corrected chi connectivity index (χ1v) is 20.3. The number of aryl methyl sites for hydroxylation is 1. The fourth-order valence-corrected chi connectivity index (χ4v) is 10.8. The predicted molar refractivity (Wildman–Crippen MR) is 190 cm³/mol. The summed E-state index contributed by atoms with van der Waals surface area (Å²) in [6.07, 6.45) is 8.29. The molecule has 6 aliphatic rings. The van der Waals surface area contributed by atoms with E-state index in [9.17, 15) is 23.1 Å². The summed E-state index contributed by atoms with van der Waals surface area (Å²) in [6, 6.07) is 11.3. The molecule has 2 aromatic rings. The maximum Gasteiger partial charge on any atom is 0.270 e. The van der Waals surface area contributed by atoms with E-state index in [2.05, 4.69) is 21.8 Å². The summed E-state index contributed by atoms with van der Waals surface area (Å²) in [5.41, 5.74) is 0.645. The molecule has 4 bridgehead atoms. The molecule has 1 spiro atoms. The lowest BCUT2D eigenvalue weighted by Gasteiger charge is -2.48. The Labute approximate surface area is 299 Å². The van der Waals surface area contributed by atoms with Crippen molar-refractivity contribution in [3.8, 4) is 5.75 Å². The van der Waals surface area contributed by atoms with Gasteiger partial charge < -0.3 is 24.4 Å². The monoisotopic (exact) mass is 725 g/mol. The second-order valence-electron chi connectivity index (χ2n) is 15.9. The first kappa shape index (κ1) is 34.2. The molecule has 6 atom stereocenters. The maximum absolute atomic E-state index is 14.0. The van der Waals surface area contributed by atoms with Crippen molar-refractivity contribution in [2.45, 2.75) is 93.0 Å². The third kappa shape index (κ3) is 6.30. The Kier molecular flexibility index (Phi) is 8.88. The van der Waals surface area contributed by atoms with Crippen molar-refractivity contribution in [1.82, 2.24) is 9.62 Å². The van der Waals surface area contributed by atoms with Crippen molar-refractivity contribution in [2.24, 2.45) is 17.8 Å². The van der Waals surface area contributed by atoms with Crippen LogP contribution >= 0.6 is 11.6 Å². The third-order valence-electron chi connectivity index (χ3n) is 12.6. The smallest absolute Gasteiger partial charge is 0.270 e. The topological polar surface area (TPSA) is 125 Å². The minimum atomic E-state index is -3.99. The molecule has 3 aliphatic carbocycles. The molecule has 0 aromatic heterocycles. The van der Waals surface area contributed by atoms with Gasteiger partial charge in [0.1, 0.15) is 5.75 Å². The molecule has 3 fully saturated rings. The quantitative estimate of drug-likeness (QED) is 0.468. The van der Waals surface area contributed by atoms with E-state index < -0.39 is 39.1 Å². The summed E-state index contributed by atoms with van der Waals surface area (Å²) < 4.78 is 41.2. The summed E-state index contributed by atoms with van der Waals surface area (Å²) in [5, 5.41) is 12.4. The van der Waals surface area contributed by atoms with Gasteiger partial charge in [-0.2, -0.15) is 0 Å². The molecule has 2 aromatic carbocycles. The number of rotatable bonds is 3. The van der Waals surface area contributed by atoms with Gasteiger partial charge in [-0.3, -0.25) is 14.3 Å². The lowest BCUT2D eigenvalue weighted by Crippen LogP contribution is -2.51. The summed E-state index contributed by atoms with van der Waals surface area (Å²) in [7, 11) is -2.31. The van der Waals surface area contributed by atoms with Crippen LogP contribution in [0.15, 0.2) is 36.4 Å². The standard InChI is InChI=1S/C38H48ClN3O7S/c1-41-15-12-24-13-16-48-34(17-24)30-9-4-26(30)21-42-22-37(14-2-3-25-18-28(39)6-10-31(25)37)23-49-33-11-5-27(19-32(33)42)38(45,20-35(41)43)36(44)40-50(46,47)29-7-8-29/h5-6,10-11,18-19,24,26,29-30,34,45H,2-4,7-9,12-17,20-23H2,1H3,(H,40,44)/t24-,26+,30-,34+,37+,38+/m1/s1. The van der Waals surface area contributed by atoms with E-state index in [1.54, 1.807) is 30.1 Å². The summed E-state index contributed by atoms with van der Waals surface area (Å²) in [4.78, 5) is 31.7. The van der Waals surface area contributed by atoms with Crippen molar-refractivity contribution in [2.75, 3.05) is 44.8 Å². The number of aliphatic hydroxyl groups is 1. The number of hydrogen-bond donors (Lipinski definition) is 2. The van der Waals surface area contributed by atoms with Crippen LogP contribution in [0.5, 0.6) is 5.75 Å². The van der Waals surface area contributed by atoms with Gasteiger partial charge in [-0.1, -0.05) is 23.7 Å². The minimum Gasteiger partial charge on any atom is -0.490 e. The number of carbonyl (C=O) groups excluding carboxylic acids is 2. The molecule has 2 saturated carbocycles. The van der Waals surface area contributed by atoms with Crippen molar-refractivity contribution >= 4 is 39.1 Å². The molecule has 12 heteroatoms. The molecule has 0 unspecified atom stereocenters. The Morgan fingerprint density at radius 2 is 1.92 bits per heavy atom. The lowest BCUT2D eigenvalue weighted by atomic mass is 9.67. The number of benzene rings is 2. The average Bonchev–Trinajstić information content (AvgIpc) is 3.95. The molecule has 3 heterocycles. The minimum absolute atomic E-state index is 0.166. The first-order valence-electron chi connectivity index (χ1n) is 18.4. The molecule has 10 nitrogen and oxygen atoms in total.